The Kier molecular flexibility index (Phi) is 4.07. The van der Waals surface area contributed by atoms with Crippen LogP contribution in [0, 0.1) is 13.8 Å². The minimum Gasteiger partial charge on any atom is -0.356 e. The van der Waals surface area contributed by atoms with E-state index < -0.39 is 0 Å². The van der Waals surface area contributed by atoms with Crippen molar-refractivity contribution in [1.82, 2.24) is 9.97 Å². The molecule has 0 unspecified atom stereocenters. The quantitative estimate of drug-likeness (QED) is 0.490. The number of benzene rings is 2. The van der Waals surface area contributed by atoms with Gasteiger partial charge in [-0.1, -0.05) is 18.2 Å². The van der Waals surface area contributed by atoms with Crippen LogP contribution in [0.2, 0.25) is 0 Å². The van der Waals surface area contributed by atoms with Gasteiger partial charge in [-0.05, 0) is 55.8 Å². The van der Waals surface area contributed by atoms with Crippen molar-refractivity contribution < 1.29 is 0 Å². The van der Waals surface area contributed by atoms with Gasteiger partial charge in [0.1, 0.15) is 17.0 Å². The summed E-state index contributed by atoms with van der Waals surface area (Å²) in [5.74, 6) is 0.857. The maximum atomic E-state index is 4.44. The van der Waals surface area contributed by atoms with E-state index in [1.165, 1.54) is 10.4 Å². The number of nitrogens with zero attached hydrogens (tertiary/aromatic N) is 2. The predicted molar refractivity (Wildman–Crippen MR) is 106 cm³/mol. The summed E-state index contributed by atoms with van der Waals surface area (Å²) in [5, 5.41) is 7.91. The molecule has 0 saturated carbocycles. The normalized spacial score (nSPS) is 10.8. The van der Waals surface area contributed by atoms with Gasteiger partial charge in [-0.3, -0.25) is 0 Å². The molecule has 2 heterocycles. The third kappa shape index (κ3) is 3.19. The predicted octanol–water partition coefficient (Wildman–Crippen LogP) is 5.80. The Morgan fingerprint density at radius 1 is 0.760 bits per heavy atom. The lowest BCUT2D eigenvalue weighted by atomic mass is 10.2. The highest BCUT2D eigenvalue weighted by Crippen LogP contribution is 2.33. The van der Waals surface area contributed by atoms with Crippen molar-refractivity contribution in [2.45, 2.75) is 13.8 Å². The number of nitrogens with one attached hydrogen (secondary N) is 2. The van der Waals surface area contributed by atoms with Crippen molar-refractivity contribution in [2.24, 2.45) is 0 Å². The molecule has 2 aromatic carbocycles. The van der Waals surface area contributed by atoms with E-state index in [0.717, 1.165) is 33.1 Å². The van der Waals surface area contributed by atoms with E-state index in [-0.39, 0.29) is 0 Å². The number of hydrogen-bond acceptors (Lipinski definition) is 5. The number of aromatic nitrogens is 2. The number of hydrogen-bond donors (Lipinski definition) is 2. The smallest absolute Gasteiger partial charge is 0.142 e. The number of thiophene rings is 1. The lowest BCUT2D eigenvalue weighted by Gasteiger charge is -2.10. The maximum absolute atomic E-state index is 4.44. The molecular formula is C20H18N4S. The van der Waals surface area contributed by atoms with Gasteiger partial charge in [0.2, 0.25) is 0 Å². The second-order valence-corrected chi connectivity index (χ2v) is 7.08. The van der Waals surface area contributed by atoms with Crippen LogP contribution in [0.25, 0.3) is 10.2 Å². The molecule has 2 N–H and O–H groups in total. The average molecular weight is 346 g/mol. The van der Waals surface area contributed by atoms with Crippen LogP contribution in [0.4, 0.5) is 22.9 Å². The fourth-order valence-electron chi connectivity index (χ4n) is 2.74. The maximum Gasteiger partial charge on any atom is 0.142 e. The monoisotopic (exact) mass is 346 g/mol. The summed E-state index contributed by atoms with van der Waals surface area (Å²) in [4.78, 5) is 11.1. The number of rotatable bonds is 4. The van der Waals surface area contributed by atoms with Crippen molar-refractivity contribution in [3.8, 4) is 0 Å². The van der Waals surface area contributed by atoms with E-state index in [1.807, 2.05) is 42.5 Å². The Hall–Kier alpha value is -2.92. The first-order valence-electron chi connectivity index (χ1n) is 8.10. The molecule has 5 heteroatoms. The Morgan fingerprint density at radius 3 is 2.12 bits per heavy atom. The molecular weight excluding hydrogens is 328 g/mol. The molecule has 4 nitrogen and oxygen atoms in total. The lowest BCUT2D eigenvalue weighted by Crippen LogP contribution is -1.96. The summed E-state index contributed by atoms with van der Waals surface area (Å²) in [6.07, 6.45) is 1.62. The van der Waals surface area contributed by atoms with E-state index in [4.69, 9.17) is 0 Å². The molecule has 0 saturated heterocycles. The second-order valence-electron chi connectivity index (χ2n) is 5.88. The van der Waals surface area contributed by atoms with Gasteiger partial charge in [0.05, 0.1) is 5.39 Å². The van der Waals surface area contributed by atoms with Crippen LogP contribution in [0.1, 0.15) is 10.4 Å². The molecule has 0 aliphatic heterocycles. The topological polar surface area (TPSA) is 49.8 Å². The van der Waals surface area contributed by atoms with Crippen LogP contribution in [-0.4, -0.2) is 9.97 Å². The Morgan fingerprint density at radius 2 is 1.40 bits per heavy atom. The minimum absolute atomic E-state index is 0.857. The van der Waals surface area contributed by atoms with E-state index in [0.29, 0.717) is 0 Å². The fraction of sp³-hybridized carbons (Fsp3) is 0.100. The Labute approximate surface area is 150 Å². The molecule has 0 aliphatic carbocycles. The van der Waals surface area contributed by atoms with Gasteiger partial charge in [-0.15, -0.1) is 11.3 Å². The largest absolute Gasteiger partial charge is 0.356 e. The first kappa shape index (κ1) is 15.6. The van der Waals surface area contributed by atoms with Crippen molar-refractivity contribution in [2.75, 3.05) is 10.6 Å². The molecule has 0 bridgehead atoms. The van der Waals surface area contributed by atoms with E-state index >= 15 is 0 Å². The van der Waals surface area contributed by atoms with Crippen molar-refractivity contribution >= 4 is 44.4 Å². The molecule has 0 radical (unpaired) electrons. The van der Waals surface area contributed by atoms with Crippen molar-refractivity contribution in [3.63, 3.8) is 0 Å². The molecule has 0 amide bonds. The average Bonchev–Trinajstić information content (AvgIpc) is 2.93. The van der Waals surface area contributed by atoms with Crippen LogP contribution in [-0.2, 0) is 0 Å². The van der Waals surface area contributed by atoms with Crippen LogP contribution < -0.4 is 10.6 Å². The molecule has 0 aliphatic rings. The fourth-order valence-corrected chi connectivity index (χ4v) is 3.74. The molecule has 25 heavy (non-hydrogen) atoms. The summed E-state index contributed by atoms with van der Waals surface area (Å²) in [5.41, 5.74) is 4.37. The first-order valence-corrected chi connectivity index (χ1v) is 8.92. The second kappa shape index (κ2) is 6.53. The van der Waals surface area contributed by atoms with Crippen molar-refractivity contribution in [1.29, 1.82) is 0 Å². The zero-order valence-electron chi connectivity index (χ0n) is 14.1. The summed E-state index contributed by atoms with van der Waals surface area (Å²) >= 11 is 1.71. The van der Waals surface area contributed by atoms with Gasteiger partial charge in [-0.25, -0.2) is 9.97 Å². The summed E-state index contributed by atoms with van der Waals surface area (Å²) in [6, 6.07) is 18.3. The summed E-state index contributed by atoms with van der Waals surface area (Å²) in [6.45, 7) is 4.24. The molecule has 0 spiro atoms. The molecule has 0 atom stereocenters. The van der Waals surface area contributed by atoms with Gasteiger partial charge in [0.15, 0.2) is 0 Å². The number of para-hydroxylation sites is 1. The molecule has 124 valence electrons. The number of anilines is 4. The Balaban J connectivity index is 1.58. The van der Waals surface area contributed by atoms with E-state index in [1.54, 1.807) is 17.7 Å². The minimum atomic E-state index is 0.857. The summed E-state index contributed by atoms with van der Waals surface area (Å²) in [7, 11) is 0. The van der Waals surface area contributed by atoms with Gasteiger partial charge >= 0.3 is 0 Å². The van der Waals surface area contributed by atoms with Crippen LogP contribution in [0.5, 0.6) is 0 Å². The third-order valence-corrected chi connectivity index (χ3v) is 5.29. The van der Waals surface area contributed by atoms with E-state index in [2.05, 4.69) is 46.6 Å². The van der Waals surface area contributed by atoms with E-state index in [9.17, 15) is 0 Å². The van der Waals surface area contributed by atoms with Gasteiger partial charge in [0.25, 0.3) is 0 Å². The first-order chi connectivity index (χ1) is 12.2. The van der Waals surface area contributed by atoms with Crippen molar-refractivity contribution in [3.05, 3.63) is 71.4 Å². The standard InChI is InChI=1S/C20H18N4S/c1-13-14(2)25-20-18(13)19(21-12-22-20)24-17-10-8-16(9-11-17)23-15-6-4-3-5-7-15/h3-12,23H,1-2H3,(H,21,22,24). The highest BCUT2D eigenvalue weighted by molar-refractivity contribution is 7.18. The third-order valence-electron chi connectivity index (χ3n) is 4.18. The van der Waals surface area contributed by atoms with Crippen LogP contribution in [0.15, 0.2) is 60.9 Å². The molecule has 2 aromatic heterocycles. The zero-order valence-corrected chi connectivity index (χ0v) is 14.9. The number of fused-ring (bicyclic) bond motifs is 1. The van der Waals surface area contributed by atoms with Gasteiger partial charge in [0, 0.05) is 21.9 Å². The van der Waals surface area contributed by atoms with Crippen LogP contribution in [0.3, 0.4) is 0 Å². The highest BCUT2D eigenvalue weighted by atomic mass is 32.1. The summed E-state index contributed by atoms with van der Waals surface area (Å²) < 4.78 is 0. The molecule has 4 rings (SSSR count). The number of aryl methyl sites for hydroxylation is 2. The SMILES string of the molecule is Cc1sc2ncnc(Nc3ccc(Nc4ccccc4)cc3)c2c1C. The molecule has 0 fully saturated rings. The van der Waals surface area contributed by atoms with Gasteiger partial charge < -0.3 is 10.6 Å². The molecule has 4 aromatic rings. The highest BCUT2D eigenvalue weighted by Gasteiger charge is 2.11. The van der Waals surface area contributed by atoms with Gasteiger partial charge in [-0.2, -0.15) is 0 Å². The van der Waals surface area contributed by atoms with Crippen LogP contribution >= 0.6 is 11.3 Å². The lowest BCUT2D eigenvalue weighted by molar-refractivity contribution is 1.22. The Bertz CT molecular complexity index is 1010. The zero-order chi connectivity index (χ0) is 17.2.